The van der Waals surface area contributed by atoms with Crippen LogP contribution >= 0.6 is 23.4 Å². The predicted molar refractivity (Wildman–Crippen MR) is 114 cm³/mol. The third kappa shape index (κ3) is 5.72. The number of phenolic OH excluding ortho intramolecular Hbond substituents is 1. The number of benzene rings is 2. The second-order valence-electron chi connectivity index (χ2n) is 5.94. The van der Waals surface area contributed by atoms with Gasteiger partial charge in [-0.25, -0.2) is 0 Å². The number of amides is 2. The minimum Gasteiger partial charge on any atom is -0.504 e. The number of amidine groups is 1. The van der Waals surface area contributed by atoms with Gasteiger partial charge in [-0.3, -0.25) is 9.59 Å². The maximum Gasteiger partial charge on any atom is 0.240 e. The zero-order valence-corrected chi connectivity index (χ0v) is 16.8. The van der Waals surface area contributed by atoms with Crippen molar-refractivity contribution < 1.29 is 19.4 Å². The fourth-order valence-electron chi connectivity index (χ4n) is 2.42. The molecule has 2 aromatic carbocycles. The SMILES string of the molecule is COc1cc(/C=N\N=C2/NC(=O)[C@@H](CC(=O)Nc3ccc(Cl)cc3)S2)ccc1O. The highest BCUT2D eigenvalue weighted by Gasteiger charge is 2.32. The first kappa shape index (κ1) is 20.7. The maximum atomic E-state index is 12.2. The van der Waals surface area contributed by atoms with Crippen LogP contribution in [0.3, 0.4) is 0 Å². The molecule has 3 rings (SSSR count). The minimum absolute atomic E-state index is 0.00295. The summed E-state index contributed by atoms with van der Waals surface area (Å²) < 4.78 is 5.03. The first-order valence-electron chi connectivity index (χ1n) is 8.45. The van der Waals surface area contributed by atoms with E-state index in [0.29, 0.717) is 27.2 Å². The molecule has 0 aliphatic carbocycles. The quantitative estimate of drug-likeness (QED) is 0.479. The number of carbonyl (C=O) groups excluding carboxylic acids is 2. The number of anilines is 1. The van der Waals surface area contributed by atoms with Crippen LogP contribution in [0.1, 0.15) is 12.0 Å². The Morgan fingerprint density at radius 3 is 2.83 bits per heavy atom. The molecule has 150 valence electrons. The van der Waals surface area contributed by atoms with E-state index in [1.165, 1.54) is 19.4 Å². The Morgan fingerprint density at radius 2 is 2.10 bits per heavy atom. The first-order chi connectivity index (χ1) is 13.9. The summed E-state index contributed by atoms with van der Waals surface area (Å²) in [6.45, 7) is 0. The standard InChI is InChI=1S/C19H17ClN4O4S/c1-28-15-8-11(2-7-14(15)25)10-21-24-19-23-18(27)16(29-19)9-17(26)22-13-5-3-12(20)4-6-13/h2-8,10,16,25H,9H2,1H3,(H,22,26)(H,23,24,27)/b21-10-/t16-/m1/s1. The molecule has 29 heavy (non-hydrogen) atoms. The molecule has 1 heterocycles. The van der Waals surface area contributed by atoms with E-state index >= 15 is 0 Å². The molecule has 0 saturated carbocycles. The topological polar surface area (TPSA) is 112 Å². The second kappa shape index (κ2) is 9.44. The zero-order valence-electron chi connectivity index (χ0n) is 15.3. The number of hydrogen-bond acceptors (Lipinski definition) is 7. The van der Waals surface area contributed by atoms with Crippen LogP contribution in [0.4, 0.5) is 5.69 Å². The van der Waals surface area contributed by atoms with Crippen LogP contribution in [0.15, 0.2) is 52.7 Å². The molecule has 8 nitrogen and oxygen atoms in total. The van der Waals surface area contributed by atoms with E-state index in [4.69, 9.17) is 16.3 Å². The number of hydrogen-bond donors (Lipinski definition) is 3. The second-order valence-corrected chi connectivity index (χ2v) is 7.56. The number of phenols is 1. The summed E-state index contributed by atoms with van der Waals surface area (Å²) >= 11 is 6.95. The van der Waals surface area contributed by atoms with Gasteiger partial charge in [-0.2, -0.15) is 5.10 Å². The average Bonchev–Trinajstić information content (AvgIpc) is 3.04. The molecule has 1 saturated heterocycles. The van der Waals surface area contributed by atoms with E-state index in [1.807, 2.05) is 0 Å². The lowest BCUT2D eigenvalue weighted by molar-refractivity contribution is -0.122. The van der Waals surface area contributed by atoms with Gasteiger partial charge in [-0.1, -0.05) is 23.4 Å². The lowest BCUT2D eigenvalue weighted by Gasteiger charge is -2.07. The van der Waals surface area contributed by atoms with Gasteiger partial charge in [0.1, 0.15) is 5.25 Å². The Bertz CT molecular complexity index is 979. The van der Waals surface area contributed by atoms with Gasteiger partial charge >= 0.3 is 0 Å². The summed E-state index contributed by atoms with van der Waals surface area (Å²) in [5.41, 5.74) is 1.27. The van der Waals surface area contributed by atoms with Gasteiger partial charge in [0.15, 0.2) is 16.7 Å². The number of methoxy groups -OCH3 is 1. The van der Waals surface area contributed by atoms with Gasteiger partial charge in [0.2, 0.25) is 11.8 Å². The van der Waals surface area contributed by atoms with E-state index < -0.39 is 5.25 Å². The van der Waals surface area contributed by atoms with Gasteiger partial charge in [-0.15, -0.1) is 5.10 Å². The third-order valence-corrected chi connectivity index (χ3v) is 5.16. The highest BCUT2D eigenvalue weighted by atomic mass is 35.5. The predicted octanol–water partition coefficient (Wildman–Crippen LogP) is 3.00. The molecule has 2 amide bonds. The van der Waals surface area contributed by atoms with E-state index in [1.54, 1.807) is 36.4 Å². The average molecular weight is 433 g/mol. The third-order valence-electron chi connectivity index (χ3n) is 3.83. The molecule has 2 aromatic rings. The van der Waals surface area contributed by atoms with Crippen molar-refractivity contribution in [3.63, 3.8) is 0 Å². The number of carbonyl (C=O) groups is 2. The first-order valence-corrected chi connectivity index (χ1v) is 9.71. The summed E-state index contributed by atoms with van der Waals surface area (Å²) in [6.07, 6.45) is 1.46. The molecule has 0 bridgehead atoms. The van der Waals surface area contributed by atoms with Crippen molar-refractivity contribution in [2.24, 2.45) is 10.2 Å². The van der Waals surface area contributed by atoms with Gasteiger partial charge in [-0.05, 0) is 48.0 Å². The Hall–Kier alpha value is -3.04. The van der Waals surface area contributed by atoms with Crippen LogP contribution in [0.25, 0.3) is 0 Å². The maximum absolute atomic E-state index is 12.2. The molecule has 1 atom stereocenters. The molecular formula is C19H17ClN4O4S. The van der Waals surface area contributed by atoms with E-state index in [0.717, 1.165) is 11.8 Å². The van der Waals surface area contributed by atoms with Crippen LogP contribution in [0.5, 0.6) is 11.5 Å². The van der Waals surface area contributed by atoms with Crippen LogP contribution in [0.2, 0.25) is 5.02 Å². The molecule has 0 unspecified atom stereocenters. The lowest BCUT2D eigenvalue weighted by Crippen LogP contribution is -2.28. The van der Waals surface area contributed by atoms with Crippen molar-refractivity contribution in [3.05, 3.63) is 53.1 Å². The number of nitrogens with one attached hydrogen (secondary N) is 2. The fraction of sp³-hybridized carbons (Fsp3) is 0.158. The highest BCUT2D eigenvalue weighted by Crippen LogP contribution is 2.26. The van der Waals surface area contributed by atoms with Crippen molar-refractivity contribution in [1.82, 2.24) is 5.32 Å². The largest absolute Gasteiger partial charge is 0.504 e. The van der Waals surface area contributed by atoms with E-state index in [-0.39, 0.29) is 24.0 Å². The highest BCUT2D eigenvalue weighted by molar-refractivity contribution is 8.15. The molecule has 0 spiro atoms. The van der Waals surface area contributed by atoms with Crippen LogP contribution in [-0.4, -0.2) is 40.7 Å². The summed E-state index contributed by atoms with van der Waals surface area (Å²) in [7, 11) is 1.45. The smallest absolute Gasteiger partial charge is 0.240 e. The van der Waals surface area contributed by atoms with E-state index in [2.05, 4.69) is 20.8 Å². The normalized spacial score (nSPS) is 17.5. The van der Waals surface area contributed by atoms with Crippen molar-refractivity contribution in [2.45, 2.75) is 11.7 Å². The number of halogens is 1. The zero-order chi connectivity index (χ0) is 20.8. The Kier molecular flexibility index (Phi) is 6.73. The van der Waals surface area contributed by atoms with Crippen molar-refractivity contribution in [3.8, 4) is 11.5 Å². The van der Waals surface area contributed by atoms with E-state index in [9.17, 15) is 14.7 Å². The molecule has 1 aliphatic heterocycles. The summed E-state index contributed by atoms with van der Waals surface area (Å²) in [6, 6.07) is 11.4. The summed E-state index contributed by atoms with van der Waals surface area (Å²) in [4.78, 5) is 24.2. The number of aromatic hydroxyl groups is 1. The Balaban J connectivity index is 1.56. The van der Waals surface area contributed by atoms with Crippen LogP contribution in [0, 0.1) is 0 Å². The fourth-order valence-corrected chi connectivity index (χ4v) is 3.47. The number of rotatable bonds is 6. The number of thioether (sulfide) groups is 1. The number of ether oxygens (including phenoxy) is 1. The molecule has 1 aliphatic rings. The van der Waals surface area contributed by atoms with Crippen molar-refractivity contribution in [1.29, 1.82) is 0 Å². The molecular weight excluding hydrogens is 416 g/mol. The monoisotopic (exact) mass is 432 g/mol. The van der Waals surface area contributed by atoms with Gasteiger partial charge in [0.05, 0.1) is 13.3 Å². The Labute approximate surface area is 176 Å². The van der Waals surface area contributed by atoms with Gasteiger partial charge < -0.3 is 20.5 Å². The summed E-state index contributed by atoms with van der Waals surface area (Å²) in [5.74, 6) is -0.256. The minimum atomic E-state index is -0.593. The van der Waals surface area contributed by atoms with Crippen molar-refractivity contribution >= 4 is 52.2 Å². The van der Waals surface area contributed by atoms with Gasteiger partial charge in [0, 0.05) is 17.1 Å². The lowest BCUT2D eigenvalue weighted by atomic mass is 10.2. The molecule has 1 fully saturated rings. The molecule has 0 radical (unpaired) electrons. The Morgan fingerprint density at radius 1 is 1.34 bits per heavy atom. The summed E-state index contributed by atoms with van der Waals surface area (Å²) in [5, 5.41) is 23.1. The molecule has 3 N–H and O–H groups in total. The van der Waals surface area contributed by atoms with Crippen LogP contribution < -0.4 is 15.4 Å². The molecule has 0 aromatic heterocycles. The molecule has 10 heteroatoms. The van der Waals surface area contributed by atoms with Crippen molar-refractivity contribution in [2.75, 3.05) is 12.4 Å². The van der Waals surface area contributed by atoms with Crippen LogP contribution in [-0.2, 0) is 9.59 Å². The van der Waals surface area contributed by atoms with Gasteiger partial charge in [0.25, 0.3) is 0 Å². The number of nitrogens with zero attached hydrogens (tertiary/aromatic N) is 2.